The lowest BCUT2D eigenvalue weighted by Crippen LogP contribution is -2.55. The van der Waals surface area contributed by atoms with E-state index >= 15 is 0 Å². The van der Waals surface area contributed by atoms with Crippen molar-refractivity contribution in [3.8, 4) is 0 Å². The zero-order chi connectivity index (χ0) is 63.0. The second-order valence-electron chi connectivity index (χ2n) is 23.1. The lowest BCUT2D eigenvalue weighted by Gasteiger charge is -2.36. The van der Waals surface area contributed by atoms with Crippen LogP contribution in [0.15, 0.2) is 134 Å². The normalized spacial score (nSPS) is 12.9. The summed E-state index contributed by atoms with van der Waals surface area (Å²) in [4.78, 5) is 89.5. The van der Waals surface area contributed by atoms with Crippen LogP contribution in [0.25, 0.3) is 21.8 Å². The number of para-hydroxylation sites is 2. The van der Waals surface area contributed by atoms with E-state index in [0.717, 1.165) is 57.1 Å². The number of Topliss-reactive ketones (excluding diaryl/α,β-unsaturated/α-hetero) is 2. The molecule has 17 N–H and O–H groups in total. The first-order chi connectivity index (χ1) is 41.9. The molecule has 0 unspecified atom stereocenters. The van der Waals surface area contributed by atoms with Gasteiger partial charge >= 0.3 is 0 Å². The molecule has 21 heteroatoms. The van der Waals surface area contributed by atoms with Crippen LogP contribution < -0.4 is 56.1 Å². The molecule has 4 amide bonds. The highest BCUT2D eigenvalue weighted by atomic mass is 16.2. The van der Waals surface area contributed by atoms with Gasteiger partial charge in [0.25, 0.3) is 5.91 Å². The fourth-order valence-corrected chi connectivity index (χ4v) is 10.6. The molecule has 0 aliphatic carbocycles. The lowest BCUT2D eigenvalue weighted by atomic mass is 9.97. The van der Waals surface area contributed by atoms with E-state index < -0.39 is 30.1 Å². The molecule has 4 atom stereocenters. The first-order valence-electron chi connectivity index (χ1n) is 30.5. The molecule has 6 rings (SSSR count). The summed E-state index contributed by atoms with van der Waals surface area (Å²) in [7, 11) is 4.04. The minimum atomic E-state index is -0.946. The summed E-state index contributed by atoms with van der Waals surface area (Å²) >= 11 is 0. The Morgan fingerprint density at radius 1 is 0.506 bits per heavy atom. The number of nitrogens with one attached hydrogen (secondary N) is 3. The Morgan fingerprint density at radius 2 is 0.943 bits per heavy atom. The topological polar surface area (TPSA) is 350 Å². The van der Waals surface area contributed by atoms with Gasteiger partial charge in [-0.2, -0.15) is 0 Å². The van der Waals surface area contributed by atoms with Crippen molar-refractivity contribution < 1.29 is 37.7 Å². The van der Waals surface area contributed by atoms with Gasteiger partial charge in [-0.05, 0) is 91.5 Å². The largest absolute Gasteiger partial charge is 0.351 e. The Labute approximate surface area is 513 Å². The number of quaternary nitrogens is 2. The van der Waals surface area contributed by atoms with Crippen LogP contribution in [-0.2, 0) is 54.5 Å². The quantitative estimate of drug-likeness (QED) is 0.0195. The highest BCUT2D eigenvalue weighted by Crippen LogP contribution is 2.18. The first kappa shape index (κ1) is 70.3. The van der Waals surface area contributed by atoms with E-state index in [1.807, 2.05) is 128 Å². The van der Waals surface area contributed by atoms with Crippen LogP contribution >= 0.6 is 0 Å². The second kappa shape index (κ2) is 37.3. The number of aromatic nitrogens is 2. The number of rotatable bonds is 38. The van der Waals surface area contributed by atoms with Crippen molar-refractivity contribution in [3.63, 3.8) is 0 Å². The Bertz CT molecular complexity index is 3070. The Balaban J connectivity index is 0.000000318. The molecule has 2 aromatic heterocycles. The third-order valence-corrected chi connectivity index (χ3v) is 15.8. The maximum atomic E-state index is 13.5. The number of fused-ring (bicyclic) bond motifs is 2. The van der Waals surface area contributed by atoms with Crippen LogP contribution in [-0.4, -0.2) is 189 Å². The highest BCUT2D eigenvalue weighted by Gasteiger charge is 2.29. The van der Waals surface area contributed by atoms with Crippen molar-refractivity contribution in [1.29, 1.82) is 0 Å². The molecule has 0 aliphatic rings. The molecule has 0 fully saturated rings. The minimum Gasteiger partial charge on any atom is -0.351 e. The zero-order valence-corrected chi connectivity index (χ0v) is 51.2. The van der Waals surface area contributed by atoms with Crippen molar-refractivity contribution in [2.45, 2.75) is 88.4 Å². The van der Waals surface area contributed by atoms with E-state index in [9.17, 15) is 28.8 Å². The molecule has 0 aliphatic heterocycles. The average molecular weight is 1200 g/mol. The summed E-state index contributed by atoms with van der Waals surface area (Å²) < 4.78 is 1.14. The van der Waals surface area contributed by atoms with Crippen LogP contribution in [0, 0.1) is 0 Å². The number of carbonyl (C=O) groups is 6. The molecule has 4 aromatic carbocycles. The van der Waals surface area contributed by atoms with Gasteiger partial charge in [0, 0.05) is 88.2 Å². The number of pyridine rings is 2. The van der Waals surface area contributed by atoms with E-state index in [-0.39, 0.29) is 55.0 Å². The summed E-state index contributed by atoms with van der Waals surface area (Å²) in [6, 6.07) is 35.9. The van der Waals surface area contributed by atoms with E-state index in [4.69, 9.17) is 40.1 Å². The molecule has 2 heterocycles. The number of nitrogens with zero attached hydrogens (tertiary/aromatic N) is 5. The van der Waals surface area contributed by atoms with Crippen LogP contribution in [0.1, 0.15) is 60.8 Å². The van der Waals surface area contributed by atoms with Gasteiger partial charge in [-0.25, -0.2) is 0 Å². The van der Waals surface area contributed by atoms with Crippen molar-refractivity contribution in [2.75, 3.05) is 106 Å². The fraction of sp³-hybridized carbons (Fsp3) is 0.455. The number of nitrogens with two attached hydrogens (primary N) is 7. The summed E-state index contributed by atoms with van der Waals surface area (Å²) in [5.74, 6) is -1.24. The molecule has 0 radical (unpaired) electrons. The van der Waals surface area contributed by atoms with Gasteiger partial charge in [-0.3, -0.25) is 38.7 Å². The minimum absolute atomic E-state index is 0.0906. The predicted molar refractivity (Wildman–Crippen MR) is 345 cm³/mol. The van der Waals surface area contributed by atoms with Gasteiger partial charge < -0.3 is 70.0 Å². The van der Waals surface area contributed by atoms with E-state index in [0.29, 0.717) is 126 Å². The van der Waals surface area contributed by atoms with Crippen molar-refractivity contribution >= 4 is 57.0 Å². The van der Waals surface area contributed by atoms with Crippen molar-refractivity contribution in [3.05, 3.63) is 156 Å². The van der Waals surface area contributed by atoms with Crippen LogP contribution in [0.4, 0.5) is 0 Å². The Kier molecular flexibility index (Phi) is 30.2. The standard InChI is InChI=1S/C34H50N8O3.C32H45N7O3/c1-42(20-16-36,21-17-37)22-19-41(18-15-35)33(44)14-12-29(38)34(45)40-31(13-11-26-7-3-2-4-8-26)32(43)24-27-23-28-9-5-6-10-30(28)39-25-27;1-39(18-15-33,19-16-34)23-31(41)36-17-7-11-27(35)32(42)38-29(14-13-24-8-3-2-4-9-24)30(40)21-25-20-26-10-5-6-12-28(26)37-22-25/h2-10,23,25,29,31H,11-22,24,35-38H2,1H3;2-6,8-10,12,20,22,27,29H,7,11,13-19,21,23,33-35H2,1H3,(H-,36,38,41,42)/p+2/t29-,31-;27-,29-/m00/s1. The molecular formula is C66H97N15O6+2. The highest BCUT2D eigenvalue weighted by molar-refractivity contribution is 5.94. The molecule has 0 saturated heterocycles. The number of aryl methyl sites for hydroxylation is 2. The van der Waals surface area contributed by atoms with Crippen LogP contribution in [0.2, 0.25) is 0 Å². The van der Waals surface area contributed by atoms with Gasteiger partial charge in [-0.1, -0.05) is 97.1 Å². The number of benzene rings is 4. The van der Waals surface area contributed by atoms with Gasteiger partial charge in [0.05, 0.1) is 88.6 Å². The fourth-order valence-electron chi connectivity index (χ4n) is 10.6. The molecule has 0 spiro atoms. The first-order valence-corrected chi connectivity index (χ1v) is 30.5. The number of hydrogen-bond acceptors (Lipinski definition) is 15. The molecule has 0 saturated carbocycles. The second-order valence-corrected chi connectivity index (χ2v) is 23.1. The predicted octanol–water partition coefficient (Wildman–Crippen LogP) is 1.77. The molecule has 87 heavy (non-hydrogen) atoms. The van der Waals surface area contributed by atoms with E-state index in [1.165, 1.54) is 0 Å². The summed E-state index contributed by atoms with van der Waals surface area (Å²) in [6.07, 6.45) is 6.99. The van der Waals surface area contributed by atoms with Crippen LogP contribution in [0.3, 0.4) is 0 Å². The third kappa shape index (κ3) is 24.7. The van der Waals surface area contributed by atoms with Gasteiger partial charge in [0.1, 0.15) is 0 Å². The maximum absolute atomic E-state index is 13.5. The summed E-state index contributed by atoms with van der Waals surface area (Å²) in [6.45, 7) is 7.48. The van der Waals surface area contributed by atoms with Gasteiger partial charge in [0.2, 0.25) is 17.7 Å². The summed E-state index contributed by atoms with van der Waals surface area (Å²) in [5, 5.41) is 10.6. The van der Waals surface area contributed by atoms with Crippen molar-refractivity contribution in [2.24, 2.45) is 40.1 Å². The SMILES string of the molecule is C[N+](CCN)(CCN)CC(=O)NCCC[C@H](N)C(=O)N[C@@H](CCc1ccccc1)C(=O)Cc1cnc2ccccc2c1.C[N+](CCN)(CCN)CCN(CCN)C(=O)CC[C@H](N)C(=O)N[C@@H](CCc1ccccc1)C(=O)Cc1cnc2ccccc2c1. The van der Waals surface area contributed by atoms with Gasteiger partial charge in [-0.15, -0.1) is 0 Å². The van der Waals surface area contributed by atoms with Crippen LogP contribution in [0.5, 0.6) is 0 Å². The number of amides is 4. The molecule has 0 bridgehead atoms. The number of carbonyl (C=O) groups excluding carboxylic acids is 6. The monoisotopic (exact) mass is 1200 g/mol. The molecule has 21 nitrogen and oxygen atoms in total. The third-order valence-electron chi connectivity index (χ3n) is 15.8. The van der Waals surface area contributed by atoms with E-state index in [1.54, 1.807) is 17.3 Å². The Morgan fingerprint density at radius 3 is 1.40 bits per heavy atom. The maximum Gasteiger partial charge on any atom is 0.275 e. The lowest BCUT2D eigenvalue weighted by molar-refractivity contribution is -0.906. The molecular weight excluding hydrogens is 1100 g/mol. The molecule has 470 valence electrons. The zero-order valence-electron chi connectivity index (χ0n) is 51.2. The number of hydrogen-bond donors (Lipinski definition) is 10. The molecule has 6 aromatic rings. The number of ketones is 2. The number of likely N-dealkylation sites (N-methyl/N-ethyl adjacent to an activating group) is 2. The van der Waals surface area contributed by atoms with E-state index in [2.05, 4.69) is 33.0 Å². The average Bonchev–Trinajstić information content (AvgIpc) is 3.70. The van der Waals surface area contributed by atoms with Gasteiger partial charge in [0.15, 0.2) is 18.1 Å². The van der Waals surface area contributed by atoms with Crippen molar-refractivity contribution in [1.82, 2.24) is 30.8 Å². The summed E-state index contributed by atoms with van der Waals surface area (Å²) in [5.41, 5.74) is 46.7. The Hall–Kier alpha value is -7.44. The smallest absolute Gasteiger partial charge is 0.275 e.